The second kappa shape index (κ2) is 7.68. The molecular weight excluding hydrogens is 386 g/mol. The molecule has 24 heavy (non-hydrogen) atoms. The van der Waals surface area contributed by atoms with E-state index in [2.05, 4.69) is 26.2 Å². The van der Waals surface area contributed by atoms with E-state index in [4.69, 9.17) is 0 Å². The van der Waals surface area contributed by atoms with E-state index in [1.165, 1.54) is 11.8 Å². The summed E-state index contributed by atoms with van der Waals surface area (Å²) in [7, 11) is 1.96. The molecule has 0 spiro atoms. The standard InChI is InChI=1S/C18H16BrN3OS/c1-22-16(13-6-3-2-4-7-13)11-20-18(22)24-12-17(23)21-15-9-5-8-14(19)10-15/h2-11H,12H2,1H3,(H,21,23). The molecule has 1 amide bonds. The smallest absolute Gasteiger partial charge is 0.234 e. The maximum Gasteiger partial charge on any atom is 0.234 e. The van der Waals surface area contributed by atoms with Gasteiger partial charge in [0.25, 0.3) is 0 Å². The van der Waals surface area contributed by atoms with Crippen molar-refractivity contribution >= 4 is 39.3 Å². The van der Waals surface area contributed by atoms with Crippen LogP contribution in [0.15, 0.2) is 70.4 Å². The molecule has 122 valence electrons. The summed E-state index contributed by atoms with van der Waals surface area (Å²) >= 11 is 4.81. The Balaban J connectivity index is 1.63. The highest BCUT2D eigenvalue weighted by Gasteiger charge is 2.11. The second-order valence-corrected chi connectivity index (χ2v) is 7.06. The predicted octanol–water partition coefficient (Wildman–Crippen LogP) is 4.58. The first-order chi connectivity index (χ1) is 11.6. The maximum absolute atomic E-state index is 12.1. The van der Waals surface area contributed by atoms with Gasteiger partial charge in [-0.2, -0.15) is 0 Å². The Morgan fingerprint density at radius 1 is 1.21 bits per heavy atom. The van der Waals surface area contributed by atoms with Crippen LogP contribution in [-0.2, 0) is 11.8 Å². The van der Waals surface area contributed by atoms with Crippen LogP contribution in [0.2, 0.25) is 0 Å². The molecule has 1 N–H and O–H groups in total. The molecular formula is C18H16BrN3OS. The van der Waals surface area contributed by atoms with Gasteiger partial charge < -0.3 is 9.88 Å². The zero-order valence-corrected chi connectivity index (χ0v) is 15.5. The Labute approximate surface area is 153 Å². The average Bonchev–Trinajstić information content (AvgIpc) is 2.94. The minimum atomic E-state index is -0.0534. The van der Waals surface area contributed by atoms with Crippen molar-refractivity contribution in [1.82, 2.24) is 9.55 Å². The van der Waals surface area contributed by atoms with E-state index >= 15 is 0 Å². The average molecular weight is 402 g/mol. The van der Waals surface area contributed by atoms with Gasteiger partial charge >= 0.3 is 0 Å². The van der Waals surface area contributed by atoms with Crippen molar-refractivity contribution in [2.24, 2.45) is 7.05 Å². The van der Waals surface area contributed by atoms with Crippen LogP contribution in [0.25, 0.3) is 11.3 Å². The molecule has 0 fully saturated rings. The number of carbonyl (C=O) groups excluding carboxylic acids is 1. The number of nitrogens with zero attached hydrogens (tertiary/aromatic N) is 2. The van der Waals surface area contributed by atoms with Crippen LogP contribution in [0, 0.1) is 0 Å². The van der Waals surface area contributed by atoms with Gasteiger partial charge in [-0.25, -0.2) is 4.98 Å². The molecule has 0 aliphatic carbocycles. The highest BCUT2D eigenvalue weighted by Crippen LogP contribution is 2.25. The summed E-state index contributed by atoms with van der Waals surface area (Å²) in [6, 6.07) is 17.6. The number of hydrogen-bond acceptors (Lipinski definition) is 3. The van der Waals surface area contributed by atoms with E-state index in [0.29, 0.717) is 5.75 Å². The fourth-order valence-electron chi connectivity index (χ4n) is 2.30. The minimum absolute atomic E-state index is 0.0534. The van der Waals surface area contributed by atoms with Crippen LogP contribution in [0.3, 0.4) is 0 Å². The molecule has 2 aromatic carbocycles. The number of imidazole rings is 1. The van der Waals surface area contributed by atoms with Crippen LogP contribution in [-0.4, -0.2) is 21.2 Å². The largest absolute Gasteiger partial charge is 0.325 e. The van der Waals surface area contributed by atoms with Crippen molar-refractivity contribution < 1.29 is 4.79 Å². The summed E-state index contributed by atoms with van der Waals surface area (Å²) in [5, 5.41) is 3.70. The Bertz CT molecular complexity index is 848. The van der Waals surface area contributed by atoms with E-state index < -0.39 is 0 Å². The third kappa shape index (κ3) is 4.07. The van der Waals surface area contributed by atoms with Crippen LogP contribution in [0.1, 0.15) is 0 Å². The number of rotatable bonds is 5. The van der Waals surface area contributed by atoms with Gasteiger partial charge in [0.15, 0.2) is 5.16 Å². The zero-order chi connectivity index (χ0) is 16.9. The first-order valence-electron chi connectivity index (χ1n) is 7.39. The molecule has 0 saturated carbocycles. The summed E-state index contributed by atoms with van der Waals surface area (Å²) in [6.07, 6.45) is 1.84. The van der Waals surface area contributed by atoms with Gasteiger partial charge in [-0.15, -0.1) is 0 Å². The van der Waals surface area contributed by atoms with Gasteiger partial charge in [0.2, 0.25) is 5.91 Å². The van der Waals surface area contributed by atoms with E-state index in [0.717, 1.165) is 26.6 Å². The number of nitrogens with one attached hydrogen (secondary N) is 1. The van der Waals surface area contributed by atoms with Crippen LogP contribution < -0.4 is 5.32 Å². The Morgan fingerprint density at radius 3 is 2.75 bits per heavy atom. The number of hydrogen-bond donors (Lipinski definition) is 1. The number of thioether (sulfide) groups is 1. The van der Waals surface area contributed by atoms with Crippen molar-refractivity contribution in [3.63, 3.8) is 0 Å². The molecule has 0 aliphatic heterocycles. The zero-order valence-electron chi connectivity index (χ0n) is 13.1. The highest BCUT2D eigenvalue weighted by atomic mass is 79.9. The van der Waals surface area contributed by atoms with Gasteiger partial charge in [-0.3, -0.25) is 4.79 Å². The molecule has 0 aliphatic rings. The summed E-state index contributed by atoms with van der Waals surface area (Å²) in [5.74, 6) is 0.258. The minimum Gasteiger partial charge on any atom is -0.325 e. The third-order valence-corrected chi connectivity index (χ3v) is 4.99. The lowest BCUT2D eigenvalue weighted by atomic mass is 10.2. The van der Waals surface area contributed by atoms with Crippen molar-refractivity contribution in [2.45, 2.75) is 5.16 Å². The van der Waals surface area contributed by atoms with E-state index in [1.54, 1.807) is 0 Å². The van der Waals surface area contributed by atoms with Crippen LogP contribution >= 0.6 is 27.7 Å². The molecule has 0 atom stereocenters. The summed E-state index contributed by atoms with van der Waals surface area (Å²) in [5.41, 5.74) is 2.92. The van der Waals surface area contributed by atoms with Crippen LogP contribution in [0.4, 0.5) is 5.69 Å². The number of anilines is 1. The first kappa shape index (κ1) is 16.8. The second-order valence-electron chi connectivity index (χ2n) is 5.20. The fourth-order valence-corrected chi connectivity index (χ4v) is 3.45. The molecule has 1 aromatic heterocycles. The van der Waals surface area contributed by atoms with Crippen molar-refractivity contribution in [3.05, 3.63) is 65.3 Å². The van der Waals surface area contributed by atoms with E-state index in [9.17, 15) is 4.79 Å². The molecule has 3 aromatic rings. The van der Waals surface area contributed by atoms with Gasteiger partial charge in [-0.05, 0) is 23.8 Å². The monoisotopic (exact) mass is 401 g/mol. The summed E-state index contributed by atoms with van der Waals surface area (Å²) < 4.78 is 2.94. The van der Waals surface area contributed by atoms with Gasteiger partial charge in [0.1, 0.15) is 0 Å². The Morgan fingerprint density at radius 2 is 2.00 bits per heavy atom. The highest BCUT2D eigenvalue weighted by molar-refractivity contribution is 9.10. The number of benzene rings is 2. The van der Waals surface area contributed by atoms with E-state index in [1.807, 2.05) is 72.4 Å². The molecule has 6 heteroatoms. The number of amides is 1. The van der Waals surface area contributed by atoms with Crippen molar-refractivity contribution in [1.29, 1.82) is 0 Å². The Hall–Kier alpha value is -2.05. The van der Waals surface area contributed by atoms with Gasteiger partial charge in [-0.1, -0.05) is 64.1 Å². The molecule has 0 saturated heterocycles. The quantitative estimate of drug-likeness (QED) is 0.636. The van der Waals surface area contributed by atoms with Gasteiger partial charge in [0, 0.05) is 17.2 Å². The fraction of sp³-hybridized carbons (Fsp3) is 0.111. The van der Waals surface area contributed by atoms with E-state index in [-0.39, 0.29) is 5.91 Å². The molecule has 1 heterocycles. The third-order valence-electron chi connectivity index (χ3n) is 3.46. The van der Waals surface area contributed by atoms with Crippen LogP contribution in [0.5, 0.6) is 0 Å². The molecule has 3 rings (SSSR count). The normalized spacial score (nSPS) is 10.6. The number of carbonyl (C=O) groups is 1. The topological polar surface area (TPSA) is 46.9 Å². The lowest BCUT2D eigenvalue weighted by Gasteiger charge is -2.07. The first-order valence-corrected chi connectivity index (χ1v) is 9.17. The lowest BCUT2D eigenvalue weighted by molar-refractivity contribution is -0.113. The summed E-state index contributed by atoms with van der Waals surface area (Å²) in [4.78, 5) is 16.5. The number of halogens is 1. The molecule has 4 nitrogen and oxygen atoms in total. The number of aromatic nitrogens is 2. The summed E-state index contributed by atoms with van der Waals surface area (Å²) in [6.45, 7) is 0. The molecule has 0 bridgehead atoms. The lowest BCUT2D eigenvalue weighted by Crippen LogP contribution is -2.14. The SMILES string of the molecule is Cn1c(-c2ccccc2)cnc1SCC(=O)Nc1cccc(Br)c1. The Kier molecular flexibility index (Phi) is 5.37. The predicted molar refractivity (Wildman–Crippen MR) is 102 cm³/mol. The molecule has 0 unspecified atom stereocenters. The van der Waals surface area contributed by atoms with Crippen molar-refractivity contribution in [3.8, 4) is 11.3 Å². The maximum atomic E-state index is 12.1. The molecule has 0 radical (unpaired) electrons. The van der Waals surface area contributed by atoms with Gasteiger partial charge in [0.05, 0.1) is 17.6 Å². The van der Waals surface area contributed by atoms with Crippen molar-refractivity contribution in [2.75, 3.05) is 11.1 Å².